The first kappa shape index (κ1) is 45.1. The summed E-state index contributed by atoms with van der Waals surface area (Å²) in [5.74, 6) is -2.32. The Morgan fingerprint density at radius 3 is 2.26 bits per heavy atom. The number of nitrogens with zero attached hydrogens (tertiary/aromatic N) is 1. The minimum absolute atomic E-state index is 0. The van der Waals surface area contributed by atoms with Gasteiger partial charge in [0.05, 0.1) is 30.8 Å². The Hall–Kier alpha value is 0.0564. The molecule has 14 nitrogen and oxygen atoms in total. The van der Waals surface area contributed by atoms with E-state index in [0.717, 1.165) is 6.29 Å². The van der Waals surface area contributed by atoms with Crippen LogP contribution in [-0.2, 0) is 37.9 Å². The third kappa shape index (κ3) is 13.9. The van der Waals surface area contributed by atoms with Crippen molar-refractivity contribution in [1.82, 2.24) is 4.90 Å². The minimum Gasteiger partial charge on any atom is -0.756 e. The van der Waals surface area contributed by atoms with E-state index in [2.05, 4.69) is 0 Å². The smallest absolute Gasteiger partial charge is 0.756 e. The standard InChI is InChI=1S/C31H51NO9.K.H3O4P/c1-9-25-20(5)29-31(6,41-29)12-10-23(34)17(2)14-21(11-13-33)28(19(4)24(35)16-26(36)39-25)40-30-27(37)22(32(7)8)15-18(3)38-30;;1-5(2,3)4/h10,12-13,17-22,24-25,27-30,35,37H,9,11,14-16H2,1-8H3;;(H3,1,2,3,4)/q;+1;/p-1/b12-10+;;/t17-,18-,19+,20?,21+,22+,24-,25?,27-,28-,29?,30+,31+;;/m1../s1. The van der Waals surface area contributed by atoms with Crippen molar-refractivity contribution in [3.05, 3.63) is 12.2 Å². The molecule has 0 aromatic carbocycles. The normalized spacial score (nSPS) is 41.0. The van der Waals surface area contributed by atoms with Crippen molar-refractivity contribution in [3.63, 3.8) is 0 Å². The summed E-state index contributed by atoms with van der Waals surface area (Å²) >= 11 is 0. The molecule has 0 amide bonds. The quantitative estimate of drug-likeness (QED) is 0.0778. The largest absolute Gasteiger partial charge is 1.00 e. The Balaban J connectivity index is 0.00000171. The number of epoxide rings is 1. The zero-order chi connectivity index (χ0) is 35.1. The number of rotatable bonds is 6. The number of aliphatic hydroxyl groups excluding tert-OH is 2. The molecular weight excluding hydrogens is 664 g/mol. The van der Waals surface area contributed by atoms with Crippen molar-refractivity contribution in [2.24, 2.45) is 23.7 Å². The maximum absolute atomic E-state index is 13.2. The van der Waals surface area contributed by atoms with Crippen molar-refractivity contribution in [1.29, 1.82) is 0 Å². The first-order valence-electron chi connectivity index (χ1n) is 15.9. The molecule has 3 aliphatic rings. The van der Waals surface area contributed by atoms with E-state index >= 15 is 0 Å². The molecule has 3 aliphatic heterocycles. The summed E-state index contributed by atoms with van der Waals surface area (Å²) in [7, 11) is -1.13. The van der Waals surface area contributed by atoms with Crippen LogP contribution in [0.25, 0.3) is 0 Å². The summed E-state index contributed by atoms with van der Waals surface area (Å²) in [6.45, 7) is 11.3. The van der Waals surface area contributed by atoms with Gasteiger partial charge in [0.1, 0.15) is 24.1 Å². The van der Waals surface area contributed by atoms with E-state index < -0.39 is 67.9 Å². The topological polar surface area (TPSA) is 216 Å². The zero-order valence-corrected chi connectivity index (χ0v) is 33.1. The Bertz CT molecular complexity index is 1100. The molecule has 0 spiro atoms. The average Bonchev–Trinajstić information content (AvgIpc) is 3.63. The van der Waals surface area contributed by atoms with Crippen molar-refractivity contribution < 1.29 is 114 Å². The number of phosphoric acid groups is 1. The first-order chi connectivity index (χ1) is 21.2. The van der Waals surface area contributed by atoms with Crippen molar-refractivity contribution >= 4 is 25.9 Å². The Morgan fingerprint density at radius 1 is 1.13 bits per heavy atom. The number of hydrogen-bond donors (Lipinski definition) is 4. The number of ketones is 1. The van der Waals surface area contributed by atoms with Crippen LogP contribution in [0.3, 0.4) is 0 Å². The predicted octanol–water partition coefficient (Wildman–Crippen LogP) is -1.89. The fraction of sp³-hybridized carbons (Fsp3) is 0.839. The summed E-state index contributed by atoms with van der Waals surface area (Å²) in [6, 6.07) is -0.219. The van der Waals surface area contributed by atoms with Crippen molar-refractivity contribution in [3.8, 4) is 0 Å². The van der Waals surface area contributed by atoms with Gasteiger partial charge in [0.15, 0.2) is 12.1 Å². The molecule has 13 atom stereocenters. The van der Waals surface area contributed by atoms with Crippen LogP contribution in [0.1, 0.15) is 73.6 Å². The number of ether oxygens (including phenoxy) is 4. The van der Waals surface area contributed by atoms with E-state index in [-0.39, 0.29) is 94.2 Å². The van der Waals surface area contributed by atoms with Gasteiger partial charge in [-0.2, -0.15) is 0 Å². The molecular formula is C31H53KNO13P. The van der Waals surface area contributed by atoms with Gasteiger partial charge in [-0.3, -0.25) is 14.2 Å². The average molecular weight is 718 g/mol. The van der Waals surface area contributed by atoms with E-state index in [0.29, 0.717) is 19.3 Å². The first-order valence-corrected chi connectivity index (χ1v) is 17.4. The van der Waals surface area contributed by atoms with Crippen molar-refractivity contribution in [2.75, 3.05) is 14.1 Å². The molecule has 2 saturated heterocycles. The molecule has 0 aromatic heterocycles. The number of hydrogen-bond acceptors (Lipinski definition) is 12. The molecule has 0 saturated carbocycles. The molecule has 0 bridgehead atoms. The van der Waals surface area contributed by atoms with Crippen LogP contribution in [0, 0.1) is 23.7 Å². The number of allylic oxidation sites excluding steroid dienone is 1. The molecule has 3 rings (SSSR count). The molecule has 0 aliphatic carbocycles. The van der Waals surface area contributed by atoms with E-state index in [1.54, 1.807) is 19.1 Å². The fourth-order valence-electron chi connectivity index (χ4n) is 6.50. The second-order valence-electron chi connectivity index (χ2n) is 13.3. The number of aldehydes is 1. The zero-order valence-electron chi connectivity index (χ0n) is 29.1. The molecule has 4 N–H and O–H groups in total. The van der Waals surface area contributed by atoms with Crippen LogP contribution in [-0.4, -0.2) is 112 Å². The Morgan fingerprint density at radius 2 is 1.72 bits per heavy atom. The molecule has 0 aromatic rings. The Kier molecular flexibility index (Phi) is 18.8. The number of aliphatic hydroxyl groups is 2. The van der Waals surface area contributed by atoms with Crippen LogP contribution in [0.4, 0.5) is 0 Å². The Labute approximate surface area is 320 Å². The molecule has 2 fully saturated rings. The fourth-order valence-corrected chi connectivity index (χ4v) is 6.50. The number of carbonyl (C=O) groups is 3. The van der Waals surface area contributed by atoms with Gasteiger partial charge in [0, 0.05) is 30.2 Å². The molecule has 266 valence electrons. The summed E-state index contributed by atoms with van der Waals surface area (Å²) in [5, 5.41) is 22.4. The predicted molar refractivity (Wildman–Crippen MR) is 164 cm³/mol. The van der Waals surface area contributed by atoms with Gasteiger partial charge < -0.3 is 53.5 Å². The summed E-state index contributed by atoms with van der Waals surface area (Å²) in [5.41, 5.74) is -0.637. The second kappa shape index (κ2) is 19.6. The summed E-state index contributed by atoms with van der Waals surface area (Å²) < 4.78 is 33.0. The van der Waals surface area contributed by atoms with Gasteiger partial charge in [-0.25, -0.2) is 0 Å². The monoisotopic (exact) mass is 717 g/mol. The number of likely N-dealkylation sites (N-methyl/N-ethyl adjacent to an activating group) is 1. The van der Waals surface area contributed by atoms with Gasteiger partial charge in [-0.05, 0) is 65.3 Å². The van der Waals surface area contributed by atoms with Crippen LogP contribution >= 0.6 is 7.82 Å². The third-order valence-corrected chi connectivity index (χ3v) is 9.29. The van der Waals surface area contributed by atoms with Gasteiger partial charge in [-0.1, -0.05) is 27.7 Å². The van der Waals surface area contributed by atoms with E-state index in [1.807, 2.05) is 53.6 Å². The van der Waals surface area contributed by atoms with Gasteiger partial charge in [0.2, 0.25) is 0 Å². The van der Waals surface area contributed by atoms with Gasteiger partial charge in [-0.15, -0.1) is 0 Å². The molecule has 47 heavy (non-hydrogen) atoms. The SMILES string of the molecule is CCC1OC(=O)C[C@@H](O)[C@H](C)[C@@H](O[C@@H]2O[C@H](C)C[C@H](N(C)C)[C@H]2O)[C@@H](CC=O)C[C@@H](C)C(=O)/C=C/[C@]2(C)OC2C1C.O=P([O-])(O)O.[K+]. The number of carbonyl (C=O) groups excluding carboxylic acids is 3. The van der Waals surface area contributed by atoms with Crippen molar-refractivity contribution in [2.45, 2.75) is 128 Å². The van der Waals surface area contributed by atoms with Gasteiger partial charge >= 0.3 is 57.4 Å². The van der Waals surface area contributed by atoms with Crippen LogP contribution in [0.2, 0.25) is 0 Å². The van der Waals surface area contributed by atoms with Crippen LogP contribution in [0.15, 0.2) is 12.2 Å². The maximum Gasteiger partial charge on any atom is 1.00 e. The van der Waals surface area contributed by atoms with E-state index in [9.17, 15) is 24.6 Å². The summed E-state index contributed by atoms with van der Waals surface area (Å²) in [4.78, 5) is 62.9. The second-order valence-corrected chi connectivity index (χ2v) is 14.3. The number of fused-ring (bicyclic) bond motifs is 1. The molecule has 3 heterocycles. The number of esters is 1. The maximum atomic E-state index is 13.2. The number of cyclic esters (lactones) is 1. The molecule has 3 unspecified atom stereocenters. The minimum atomic E-state index is -4.89. The molecule has 16 heteroatoms. The van der Waals surface area contributed by atoms with Crippen LogP contribution < -0.4 is 56.3 Å². The third-order valence-electron chi connectivity index (χ3n) is 9.29. The van der Waals surface area contributed by atoms with E-state index in [4.69, 9.17) is 38.2 Å². The van der Waals surface area contributed by atoms with Crippen LogP contribution in [0.5, 0.6) is 0 Å². The van der Waals surface area contributed by atoms with E-state index in [1.165, 1.54) is 0 Å². The summed E-state index contributed by atoms with van der Waals surface area (Å²) in [6.07, 6.45) is 0.627. The van der Waals surface area contributed by atoms with Gasteiger partial charge in [0.25, 0.3) is 7.82 Å². The molecule has 0 radical (unpaired) electrons.